The lowest BCUT2D eigenvalue weighted by molar-refractivity contribution is 0.576. The van der Waals surface area contributed by atoms with Gasteiger partial charge in [0.25, 0.3) is 0 Å². The van der Waals surface area contributed by atoms with Crippen molar-refractivity contribution in [3.05, 3.63) is 59.2 Å². The smallest absolute Gasteiger partial charge is 0.130 e. The van der Waals surface area contributed by atoms with Crippen LogP contribution in [0.1, 0.15) is 11.1 Å². The van der Waals surface area contributed by atoms with Gasteiger partial charge in [-0.05, 0) is 24.6 Å². The summed E-state index contributed by atoms with van der Waals surface area (Å²) in [5.41, 5.74) is 7.33. The molecule has 0 aliphatic heterocycles. The van der Waals surface area contributed by atoms with E-state index >= 15 is 0 Å². The third-order valence-corrected chi connectivity index (χ3v) is 4.25. The molecule has 2 nitrogen and oxygen atoms in total. The minimum absolute atomic E-state index is 0.0280. The molecular formula is C14H13F2NOS. The molecule has 2 aromatic carbocycles. The zero-order valence-electron chi connectivity index (χ0n) is 10.3. The van der Waals surface area contributed by atoms with Gasteiger partial charge >= 0.3 is 0 Å². The lowest BCUT2D eigenvalue weighted by atomic mass is 10.2. The van der Waals surface area contributed by atoms with Crippen LogP contribution in [0.25, 0.3) is 0 Å². The molecule has 0 saturated heterocycles. The molecule has 5 heteroatoms. The molecule has 0 aliphatic rings. The Hall–Kier alpha value is -1.75. The predicted molar refractivity (Wildman–Crippen MR) is 72.1 cm³/mol. The van der Waals surface area contributed by atoms with Crippen LogP contribution in [0.2, 0.25) is 0 Å². The number of para-hydroxylation sites is 1. The third-order valence-electron chi connectivity index (χ3n) is 2.83. The molecule has 0 fully saturated rings. The van der Waals surface area contributed by atoms with E-state index in [1.54, 1.807) is 12.1 Å². The molecule has 0 radical (unpaired) electrons. The van der Waals surface area contributed by atoms with Crippen LogP contribution in [0.4, 0.5) is 14.5 Å². The Bertz CT molecular complexity index is 643. The lowest BCUT2D eigenvalue weighted by Crippen LogP contribution is -2.04. The van der Waals surface area contributed by atoms with Crippen LogP contribution in [-0.2, 0) is 16.6 Å². The molecule has 0 heterocycles. The van der Waals surface area contributed by atoms with Crippen molar-refractivity contribution < 1.29 is 13.0 Å². The van der Waals surface area contributed by atoms with Crippen molar-refractivity contribution in [3.8, 4) is 0 Å². The lowest BCUT2D eigenvalue weighted by Gasteiger charge is -2.08. The monoisotopic (exact) mass is 281 g/mol. The molecule has 2 N–H and O–H groups in total. The fourth-order valence-electron chi connectivity index (χ4n) is 1.71. The molecule has 100 valence electrons. The van der Waals surface area contributed by atoms with Crippen LogP contribution in [0.5, 0.6) is 0 Å². The van der Waals surface area contributed by atoms with Crippen molar-refractivity contribution in [1.82, 2.24) is 0 Å². The zero-order chi connectivity index (χ0) is 14.0. The van der Waals surface area contributed by atoms with Crippen LogP contribution >= 0.6 is 0 Å². The number of rotatable bonds is 3. The second-order valence-corrected chi connectivity index (χ2v) is 5.63. The van der Waals surface area contributed by atoms with Gasteiger partial charge in [0.05, 0.1) is 27.1 Å². The van der Waals surface area contributed by atoms with Crippen LogP contribution in [0.15, 0.2) is 41.3 Å². The molecule has 1 atom stereocenters. The summed E-state index contributed by atoms with van der Waals surface area (Å²) in [7, 11) is -1.46. The maximum Gasteiger partial charge on any atom is 0.130 e. The standard InChI is InChI=1S/C14H13F2NOS/c1-9-3-2-4-13(14(9)17)19(18)8-10-5-6-11(15)7-12(10)16/h2-7H,8,17H2,1H3. The van der Waals surface area contributed by atoms with Crippen molar-refractivity contribution in [1.29, 1.82) is 0 Å². The van der Waals surface area contributed by atoms with E-state index in [1.165, 1.54) is 6.07 Å². The first-order chi connectivity index (χ1) is 8.99. The molecule has 1 unspecified atom stereocenters. The molecule has 0 amide bonds. The highest BCUT2D eigenvalue weighted by Crippen LogP contribution is 2.23. The summed E-state index contributed by atoms with van der Waals surface area (Å²) in [6.45, 7) is 1.81. The summed E-state index contributed by atoms with van der Waals surface area (Å²) >= 11 is 0. The van der Waals surface area contributed by atoms with Gasteiger partial charge in [0.1, 0.15) is 11.6 Å². The van der Waals surface area contributed by atoms with Crippen molar-refractivity contribution in [2.45, 2.75) is 17.6 Å². The van der Waals surface area contributed by atoms with Crippen LogP contribution < -0.4 is 5.73 Å². The quantitative estimate of drug-likeness (QED) is 0.878. The first-order valence-corrected chi connectivity index (χ1v) is 6.98. The largest absolute Gasteiger partial charge is 0.398 e. The highest BCUT2D eigenvalue weighted by atomic mass is 32.2. The first-order valence-electron chi connectivity index (χ1n) is 5.66. The van der Waals surface area contributed by atoms with E-state index in [4.69, 9.17) is 5.73 Å². The molecule has 0 aromatic heterocycles. The summed E-state index contributed by atoms with van der Waals surface area (Å²) in [5.74, 6) is -1.37. The molecule has 19 heavy (non-hydrogen) atoms. The van der Waals surface area contributed by atoms with Gasteiger partial charge in [-0.2, -0.15) is 0 Å². The van der Waals surface area contributed by atoms with E-state index in [9.17, 15) is 13.0 Å². The number of halogens is 2. The topological polar surface area (TPSA) is 43.1 Å². The molecule has 0 spiro atoms. The average molecular weight is 281 g/mol. The summed E-state index contributed by atoms with van der Waals surface area (Å²) < 4.78 is 38.5. The van der Waals surface area contributed by atoms with Gasteiger partial charge in [-0.15, -0.1) is 0 Å². The van der Waals surface area contributed by atoms with Crippen molar-refractivity contribution in [3.63, 3.8) is 0 Å². The molecule has 0 aliphatic carbocycles. The molecule has 2 rings (SSSR count). The van der Waals surface area contributed by atoms with E-state index in [0.717, 1.165) is 17.7 Å². The van der Waals surface area contributed by atoms with Gasteiger partial charge in [-0.3, -0.25) is 4.21 Å². The van der Waals surface area contributed by atoms with Crippen LogP contribution in [0.3, 0.4) is 0 Å². The number of nitrogen functional groups attached to an aromatic ring is 1. The maximum absolute atomic E-state index is 13.5. The number of aryl methyl sites for hydroxylation is 1. The van der Waals surface area contributed by atoms with E-state index in [2.05, 4.69) is 0 Å². The SMILES string of the molecule is Cc1cccc(S(=O)Cc2ccc(F)cc2F)c1N. The highest BCUT2D eigenvalue weighted by Gasteiger charge is 2.13. The Balaban J connectivity index is 2.28. The Morgan fingerprint density at radius 3 is 2.63 bits per heavy atom. The number of hydrogen-bond acceptors (Lipinski definition) is 2. The second kappa shape index (κ2) is 5.48. The van der Waals surface area contributed by atoms with Crippen molar-refractivity contribution in [2.75, 3.05) is 5.73 Å². The maximum atomic E-state index is 13.5. The summed E-state index contributed by atoms with van der Waals surface area (Å²) in [4.78, 5) is 0.476. The highest BCUT2D eigenvalue weighted by molar-refractivity contribution is 7.84. The molecule has 2 aromatic rings. The van der Waals surface area contributed by atoms with E-state index in [0.29, 0.717) is 10.6 Å². The normalized spacial score (nSPS) is 12.4. The van der Waals surface area contributed by atoms with E-state index in [1.807, 2.05) is 13.0 Å². The fraction of sp³-hybridized carbons (Fsp3) is 0.143. The first kappa shape index (κ1) is 13.7. The number of benzene rings is 2. The zero-order valence-corrected chi connectivity index (χ0v) is 11.1. The summed E-state index contributed by atoms with van der Waals surface area (Å²) in [6, 6.07) is 8.45. The average Bonchev–Trinajstić information content (AvgIpc) is 2.36. The minimum Gasteiger partial charge on any atom is -0.398 e. The Morgan fingerprint density at radius 1 is 1.21 bits per heavy atom. The third kappa shape index (κ3) is 2.98. The number of nitrogens with two attached hydrogens (primary N) is 1. The Kier molecular flexibility index (Phi) is 3.95. The molecule has 0 bridgehead atoms. The Morgan fingerprint density at radius 2 is 1.95 bits per heavy atom. The van der Waals surface area contributed by atoms with Gasteiger partial charge in [-0.1, -0.05) is 18.2 Å². The van der Waals surface area contributed by atoms with E-state index < -0.39 is 22.4 Å². The number of hydrogen-bond donors (Lipinski definition) is 1. The second-order valence-electron chi connectivity index (χ2n) is 4.21. The van der Waals surface area contributed by atoms with Crippen LogP contribution in [-0.4, -0.2) is 4.21 Å². The minimum atomic E-state index is -1.46. The molecular weight excluding hydrogens is 268 g/mol. The van der Waals surface area contributed by atoms with Crippen LogP contribution in [0, 0.1) is 18.6 Å². The van der Waals surface area contributed by atoms with E-state index in [-0.39, 0.29) is 11.3 Å². The summed E-state index contributed by atoms with van der Waals surface area (Å²) in [5, 5.41) is 0. The van der Waals surface area contributed by atoms with Gasteiger partial charge in [-0.25, -0.2) is 8.78 Å². The van der Waals surface area contributed by atoms with Crippen molar-refractivity contribution in [2.24, 2.45) is 0 Å². The predicted octanol–water partition coefficient (Wildman–Crippen LogP) is 3.16. The van der Waals surface area contributed by atoms with Gasteiger partial charge < -0.3 is 5.73 Å². The van der Waals surface area contributed by atoms with Gasteiger partial charge in [0.2, 0.25) is 0 Å². The van der Waals surface area contributed by atoms with Gasteiger partial charge in [0, 0.05) is 11.6 Å². The number of anilines is 1. The fourth-order valence-corrected chi connectivity index (χ4v) is 3.02. The molecule has 0 saturated carbocycles. The Labute approximate surface area is 112 Å². The van der Waals surface area contributed by atoms with Gasteiger partial charge in [0.15, 0.2) is 0 Å². The van der Waals surface area contributed by atoms with Crippen molar-refractivity contribution >= 4 is 16.5 Å². The summed E-state index contributed by atoms with van der Waals surface area (Å²) in [6.07, 6.45) is 0.